The molecule has 1 aromatic heterocycles. The molecule has 0 amide bonds. The minimum absolute atomic E-state index is 0.0125. The zero-order chi connectivity index (χ0) is 12.0. The van der Waals surface area contributed by atoms with Crippen molar-refractivity contribution in [2.45, 2.75) is 25.8 Å². The molecule has 0 aromatic carbocycles. The maximum atomic E-state index is 8.50. The third-order valence-corrected chi connectivity index (χ3v) is 2.59. The second-order valence-electron chi connectivity index (χ2n) is 3.79. The molecule has 1 unspecified atom stereocenters. The number of anilines is 1. The first-order chi connectivity index (χ1) is 7.69. The highest BCUT2D eigenvalue weighted by Crippen LogP contribution is 2.16. The highest BCUT2D eigenvalue weighted by molar-refractivity contribution is 5.43. The van der Waals surface area contributed by atoms with Gasteiger partial charge in [-0.05, 0) is 18.6 Å². The molecule has 0 bridgehead atoms. The largest absolute Gasteiger partial charge is 0.372 e. The van der Waals surface area contributed by atoms with Crippen molar-refractivity contribution in [2.24, 2.45) is 5.73 Å². The second kappa shape index (κ2) is 6.09. The van der Waals surface area contributed by atoms with Gasteiger partial charge in [-0.1, -0.05) is 6.92 Å². The first-order valence-corrected chi connectivity index (χ1v) is 5.48. The van der Waals surface area contributed by atoms with Crippen LogP contribution in [0.3, 0.4) is 0 Å². The van der Waals surface area contributed by atoms with Gasteiger partial charge in [0.05, 0.1) is 30.1 Å². The van der Waals surface area contributed by atoms with E-state index < -0.39 is 0 Å². The first-order valence-electron chi connectivity index (χ1n) is 5.48. The summed E-state index contributed by atoms with van der Waals surface area (Å²) in [4.78, 5) is 6.34. The van der Waals surface area contributed by atoms with Gasteiger partial charge in [-0.25, -0.2) is 0 Å². The summed E-state index contributed by atoms with van der Waals surface area (Å²) >= 11 is 0. The van der Waals surface area contributed by atoms with E-state index in [0.29, 0.717) is 6.42 Å². The van der Waals surface area contributed by atoms with Gasteiger partial charge < -0.3 is 10.6 Å². The Hall–Kier alpha value is -1.60. The lowest BCUT2D eigenvalue weighted by Gasteiger charge is -2.18. The monoisotopic (exact) mass is 218 g/mol. The summed E-state index contributed by atoms with van der Waals surface area (Å²) in [5.74, 6) is 0. The quantitative estimate of drug-likeness (QED) is 0.819. The van der Waals surface area contributed by atoms with Crippen molar-refractivity contribution in [3.8, 4) is 6.07 Å². The first kappa shape index (κ1) is 12.5. The van der Waals surface area contributed by atoms with Crippen molar-refractivity contribution >= 4 is 5.69 Å². The lowest BCUT2D eigenvalue weighted by Crippen LogP contribution is -2.18. The summed E-state index contributed by atoms with van der Waals surface area (Å²) in [6.45, 7) is 2.76. The Morgan fingerprint density at radius 2 is 2.31 bits per heavy atom. The number of nitrogens with zero attached hydrogens (tertiary/aromatic N) is 3. The number of hydrogen-bond acceptors (Lipinski definition) is 4. The van der Waals surface area contributed by atoms with Gasteiger partial charge in [0.15, 0.2) is 0 Å². The maximum Gasteiger partial charge on any atom is 0.0640 e. The van der Waals surface area contributed by atoms with E-state index in [1.54, 1.807) is 0 Å². The van der Waals surface area contributed by atoms with Gasteiger partial charge in [-0.3, -0.25) is 4.98 Å². The van der Waals surface area contributed by atoms with Crippen LogP contribution in [0.4, 0.5) is 5.69 Å². The molecule has 0 fully saturated rings. The standard InChI is InChI=1S/C12H18N4/c1-3-11(14)12-6-5-10(9-15-12)16(2)8-4-7-13/h5-6,9,11H,3-4,8,14H2,1-2H3. The molecule has 0 aliphatic rings. The summed E-state index contributed by atoms with van der Waals surface area (Å²) in [6, 6.07) is 6.08. The maximum absolute atomic E-state index is 8.50. The second-order valence-corrected chi connectivity index (χ2v) is 3.79. The van der Waals surface area contributed by atoms with E-state index in [2.05, 4.69) is 11.1 Å². The van der Waals surface area contributed by atoms with Crippen molar-refractivity contribution in [1.82, 2.24) is 4.98 Å². The fraction of sp³-hybridized carbons (Fsp3) is 0.500. The zero-order valence-corrected chi connectivity index (χ0v) is 9.85. The number of pyridine rings is 1. The Morgan fingerprint density at radius 1 is 1.56 bits per heavy atom. The van der Waals surface area contributed by atoms with Crippen LogP contribution in [0.1, 0.15) is 31.5 Å². The number of nitrogens with two attached hydrogens (primary N) is 1. The summed E-state index contributed by atoms with van der Waals surface area (Å²) in [5, 5.41) is 8.50. The van der Waals surface area contributed by atoms with Gasteiger partial charge in [0.2, 0.25) is 0 Å². The molecule has 1 heterocycles. The smallest absolute Gasteiger partial charge is 0.0640 e. The van der Waals surface area contributed by atoms with Gasteiger partial charge in [-0.15, -0.1) is 0 Å². The van der Waals surface area contributed by atoms with Crippen molar-refractivity contribution in [3.05, 3.63) is 24.0 Å². The van der Waals surface area contributed by atoms with Crippen LogP contribution in [0.15, 0.2) is 18.3 Å². The van der Waals surface area contributed by atoms with Crippen LogP contribution in [0, 0.1) is 11.3 Å². The highest BCUT2D eigenvalue weighted by atomic mass is 15.1. The molecule has 0 radical (unpaired) electrons. The van der Waals surface area contributed by atoms with E-state index in [0.717, 1.165) is 24.3 Å². The predicted octanol–water partition coefficient (Wildman–Crippen LogP) is 1.84. The molecular weight excluding hydrogens is 200 g/mol. The van der Waals surface area contributed by atoms with Gasteiger partial charge in [0, 0.05) is 19.6 Å². The van der Waals surface area contributed by atoms with Crippen LogP contribution in [0.25, 0.3) is 0 Å². The molecule has 0 aliphatic heterocycles. The lowest BCUT2D eigenvalue weighted by atomic mass is 10.1. The van der Waals surface area contributed by atoms with Crippen molar-refractivity contribution in [2.75, 3.05) is 18.5 Å². The van der Waals surface area contributed by atoms with E-state index in [-0.39, 0.29) is 6.04 Å². The van der Waals surface area contributed by atoms with Crippen molar-refractivity contribution < 1.29 is 0 Å². The van der Waals surface area contributed by atoms with Crippen molar-refractivity contribution in [1.29, 1.82) is 5.26 Å². The minimum Gasteiger partial charge on any atom is -0.372 e. The van der Waals surface area contributed by atoms with Crippen LogP contribution >= 0.6 is 0 Å². The highest BCUT2D eigenvalue weighted by Gasteiger charge is 2.06. The molecule has 86 valence electrons. The number of rotatable bonds is 5. The van der Waals surface area contributed by atoms with Crippen LogP contribution < -0.4 is 10.6 Å². The van der Waals surface area contributed by atoms with Crippen molar-refractivity contribution in [3.63, 3.8) is 0 Å². The normalized spacial score (nSPS) is 11.9. The number of nitriles is 1. The predicted molar refractivity (Wildman–Crippen MR) is 65.0 cm³/mol. The Labute approximate surface area is 96.7 Å². The summed E-state index contributed by atoms with van der Waals surface area (Å²) < 4.78 is 0. The van der Waals surface area contributed by atoms with Crippen LogP contribution in [-0.4, -0.2) is 18.6 Å². The molecule has 1 rings (SSSR count). The third-order valence-electron chi connectivity index (χ3n) is 2.59. The van der Waals surface area contributed by atoms with E-state index >= 15 is 0 Å². The third kappa shape index (κ3) is 3.21. The topological polar surface area (TPSA) is 65.9 Å². The van der Waals surface area contributed by atoms with E-state index in [9.17, 15) is 0 Å². The van der Waals surface area contributed by atoms with Gasteiger partial charge in [-0.2, -0.15) is 5.26 Å². The molecule has 0 spiro atoms. The van der Waals surface area contributed by atoms with Crippen LogP contribution in [0.2, 0.25) is 0 Å². The average Bonchev–Trinajstić information content (AvgIpc) is 2.35. The fourth-order valence-electron chi connectivity index (χ4n) is 1.40. The lowest BCUT2D eigenvalue weighted by molar-refractivity contribution is 0.675. The molecule has 0 aliphatic carbocycles. The Kier molecular flexibility index (Phi) is 4.74. The Morgan fingerprint density at radius 3 is 2.81 bits per heavy atom. The molecule has 4 nitrogen and oxygen atoms in total. The molecule has 1 atom stereocenters. The number of aromatic nitrogens is 1. The van der Waals surface area contributed by atoms with E-state index in [1.807, 2.05) is 37.2 Å². The SMILES string of the molecule is CCC(N)c1ccc(N(C)CCC#N)cn1. The van der Waals surface area contributed by atoms with E-state index in [4.69, 9.17) is 11.0 Å². The fourth-order valence-corrected chi connectivity index (χ4v) is 1.40. The molecule has 1 aromatic rings. The average molecular weight is 218 g/mol. The molecule has 4 heteroatoms. The van der Waals surface area contributed by atoms with Crippen LogP contribution in [0.5, 0.6) is 0 Å². The summed E-state index contributed by atoms with van der Waals surface area (Å²) in [5.41, 5.74) is 7.81. The van der Waals surface area contributed by atoms with Gasteiger partial charge >= 0.3 is 0 Å². The molecule has 0 saturated heterocycles. The van der Waals surface area contributed by atoms with E-state index in [1.165, 1.54) is 0 Å². The Balaban J connectivity index is 2.67. The zero-order valence-electron chi connectivity index (χ0n) is 9.85. The minimum atomic E-state index is 0.0125. The van der Waals surface area contributed by atoms with Crippen LogP contribution in [-0.2, 0) is 0 Å². The summed E-state index contributed by atoms with van der Waals surface area (Å²) in [6.07, 6.45) is 3.21. The molecule has 16 heavy (non-hydrogen) atoms. The molecule has 0 saturated carbocycles. The number of hydrogen-bond donors (Lipinski definition) is 1. The van der Waals surface area contributed by atoms with Gasteiger partial charge in [0.25, 0.3) is 0 Å². The summed E-state index contributed by atoms with van der Waals surface area (Å²) in [7, 11) is 1.95. The molecule has 2 N–H and O–H groups in total. The molecular formula is C12H18N4. The van der Waals surface area contributed by atoms with Gasteiger partial charge in [0.1, 0.15) is 0 Å². The Bertz CT molecular complexity index is 352.